The van der Waals surface area contributed by atoms with Crippen LogP contribution in [0.25, 0.3) is 0 Å². The van der Waals surface area contributed by atoms with E-state index in [1.165, 1.54) is 38.5 Å². The second-order valence-corrected chi connectivity index (χ2v) is 8.66. The Labute approximate surface area is 175 Å². The summed E-state index contributed by atoms with van der Waals surface area (Å²) < 4.78 is 0. The number of phenolic OH excluding ortho intramolecular Hbond substituents is 1. The van der Waals surface area contributed by atoms with E-state index in [1.54, 1.807) is 0 Å². The molecule has 2 saturated heterocycles. The maximum absolute atomic E-state index is 11.1. The first-order valence-electron chi connectivity index (χ1n) is 11.4. The number of likely N-dealkylation sites (tertiary alicyclic amines) is 2. The van der Waals surface area contributed by atoms with Gasteiger partial charge >= 0.3 is 0 Å². The zero-order chi connectivity index (χ0) is 20.5. The highest BCUT2D eigenvalue weighted by molar-refractivity contribution is 5.44. The highest BCUT2D eigenvalue weighted by Crippen LogP contribution is 2.29. The van der Waals surface area contributed by atoms with Crippen LogP contribution in [-0.4, -0.2) is 82.5 Å². The number of benzene rings is 1. The van der Waals surface area contributed by atoms with Crippen LogP contribution in [0.15, 0.2) is 12.1 Å². The minimum atomic E-state index is 0.0827. The van der Waals surface area contributed by atoms with Gasteiger partial charge in [-0.1, -0.05) is 12.8 Å². The molecule has 2 heterocycles. The van der Waals surface area contributed by atoms with Crippen LogP contribution in [0.1, 0.15) is 55.2 Å². The molecule has 164 valence electrons. The Balaban J connectivity index is 1.80. The standard InChI is InChI=1S/C23H39N3O3/c27-13-11-26(12-14-28)17-20-15-21(18-24-7-3-1-4-8-24)23(29)22(16-20)19-25-9-5-2-6-10-25/h15-16,27-29H,1-14,17-19H2. The fourth-order valence-electron chi connectivity index (χ4n) is 4.69. The third-order valence-electron chi connectivity index (χ3n) is 6.25. The van der Waals surface area contributed by atoms with Gasteiger partial charge in [0.2, 0.25) is 0 Å². The van der Waals surface area contributed by atoms with Gasteiger partial charge < -0.3 is 15.3 Å². The molecular formula is C23H39N3O3. The second kappa shape index (κ2) is 11.9. The molecule has 0 aromatic heterocycles. The fourth-order valence-corrected chi connectivity index (χ4v) is 4.69. The summed E-state index contributed by atoms with van der Waals surface area (Å²) in [5.74, 6) is 0.459. The van der Waals surface area contributed by atoms with Crippen molar-refractivity contribution in [1.82, 2.24) is 14.7 Å². The van der Waals surface area contributed by atoms with Crippen molar-refractivity contribution >= 4 is 0 Å². The van der Waals surface area contributed by atoms with E-state index in [0.717, 1.165) is 56.0 Å². The van der Waals surface area contributed by atoms with E-state index in [0.29, 0.717) is 25.4 Å². The van der Waals surface area contributed by atoms with Gasteiger partial charge in [0.25, 0.3) is 0 Å². The number of rotatable bonds is 10. The van der Waals surface area contributed by atoms with Gasteiger partial charge in [0.1, 0.15) is 5.75 Å². The Morgan fingerprint density at radius 3 is 1.59 bits per heavy atom. The van der Waals surface area contributed by atoms with Gasteiger partial charge in [-0.05, 0) is 69.6 Å². The maximum Gasteiger partial charge on any atom is 0.124 e. The summed E-state index contributed by atoms with van der Waals surface area (Å²) in [4.78, 5) is 6.97. The van der Waals surface area contributed by atoms with Crippen molar-refractivity contribution in [1.29, 1.82) is 0 Å². The normalized spacial score (nSPS) is 19.1. The molecular weight excluding hydrogens is 366 g/mol. The lowest BCUT2D eigenvalue weighted by atomic mass is 10.0. The summed E-state index contributed by atoms with van der Waals surface area (Å²) in [5.41, 5.74) is 3.19. The molecule has 0 radical (unpaired) electrons. The third-order valence-corrected chi connectivity index (χ3v) is 6.25. The van der Waals surface area contributed by atoms with Crippen molar-refractivity contribution in [2.75, 3.05) is 52.5 Å². The Kier molecular flexibility index (Phi) is 9.21. The van der Waals surface area contributed by atoms with Gasteiger partial charge in [-0.15, -0.1) is 0 Å². The highest BCUT2D eigenvalue weighted by atomic mass is 16.3. The topological polar surface area (TPSA) is 70.4 Å². The van der Waals surface area contributed by atoms with Crippen LogP contribution in [-0.2, 0) is 19.6 Å². The first-order valence-corrected chi connectivity index (χ1v) is 11.4. The number of piperidine rings is 2. The molecule has 0 unspecified atom stereocenters. The van der Waals surface area contributed by atoms with Crippen LogP contribution in [0.2, 0.25) is 0 Å². The first kappa shape index (κ1) is 22.5. The van der Waals surface area contributed by atoms with E-state index in [-0.39, 0.29) is 13.2 Å². The summed E-state index contributed by atoms with van der Waals surface area (Å²) in [6.45, 7) is 7.95. The predicted molar refractivity (Wildman–Crippen MR) is 116 cm³/mol. The average molecular weight is 406 g/mol. The Morgan fingerprint density at radius 2 is 1.17 bits per heavy atom. The largest absolute Gasteiger partial charge is 0.507 e. The first-order chi connectivity index (χ1) is 14.2. The predicted octanol–water partition coefficient (Wildman–Crippen LogP) is 2.15. The minimum Gasteiger partial charge on any atom is -0.507 e. The summed E-state index contributed by atoms with van der Waals surface area (Å²) in [7, 11) is 0. The molecule has 6 nitrogen and oxygen atoms in total. The van der Waals surface area contributed by atoms with Crippen LogP contribution in [0.3, 0.4) is 0 Å². The molecule has 0 aliphatic carbocycles. The van der Waals surface area contributed by atoms with Crippen LogP contribution in [0, 0.1) is 0 Å². The Morgan fingerprint density at radius 1 is 0.724 bits per heavy atom. The van der Waals surface area contributed by atoms with Crippen molar-refractivity contribution in [3.63, 3.8) is 0 Å². The lowest BCUT2D eigenvalue weighted by molar-refractivity contribution is 0.155. The van der Waals surface area contributed by atoms with Crippen molar-refractivity contribution in [2.45, 2.75) is 58.2 Å². The molecule has 0 saturated carbocycles. The van der Waals surface area contributed by atoms with Crippen molar-refractivity contribution in [2.24, 2.45) is 0 Å². The van der Waals surface area contributed by atoms with E-state index in [2.05, 4.69) is 26.8 Å². The molecule has 1 aromatic carbocycles. The zero-order valence-corrected chi connectivity index (χ0v) is 17.9. The number of aromatic hydroxyl groups is 1. The van der Waals surface area contributed by atoms with E-state index >= 15 is 0 Å². The van der Waals surface area contributed by atoms with Crippen LogP contribution >= 0.6 is 0 Å². The number of nitrogens with zero attached hydrogens (tertiary/aromatic N) is 3. The smallest absolute Gasteiger partial charge is 0.124 e. The molecule has 29 heavy (non-hydrogen) atoms. The molecule has 2 aliphatic heterocycles. The average Bonchev–Trinajstić information content (AvgIpc) is 2.73. The van der Waals surface area contributed by atoms with Crippen molar-refractivity contribution in [3.05, 3.63) is 28.8 Å². The number of aliphatic hydroxyl groups excluding tert-OH is 2. The lowest BCUT2D eigenvalue weighted by Crippen LogP contribution is -2.31. The number of phenols is 1. The molecule has 0 amide bonds. The summed E-state index contributed by atoms with van der Waals surface area (Å²) in [5, 5.41) is 29.8. The quantitative estimate of drug-likeness (QED) is 0.554. The van der Waals surface area contributed by atoms with Crippen LogP contribution in [0.4, 0.5) is 0 Å². The van der Waals surface area contributed by atoms with Gasteiger partial charge in [0.15, 0.2) is 0 Å². The maximum atomic E-state index is 11.1. The van der Waals surface area contributed by atoms with Crippen molar-refractivity contribution in [3.8, 4) is 5.75 Å². The number of hydrogen-bond acceptors (Lipinski definition) is 6. The lowest BCUT2D eigenvalue weighted by Gasteiger charge is -2.29. The molecule has 2 aliphatic rings. The van der Waals surface area contributed by atoms with E-state index < -0.39 is 0 Å². The highest BCUT2D eigenvalue weighted by Gasteiger charge is 2.19. The molecule has 6 heteroatoms. The zero-order valence-electron chi connectivity index (χ0n) is 17.9. The van der Waals surface area contributed by atoms with Crippen LogP contribution in [0.5, 0.6) is 5.75 Å². The van der Waals surface area contributed by atoms with Gasteiger partial charge in [-0.2, -0.15) is 0 Å². The summed E-state index contributed by atoms with van der Waals surface area (Å²) in [6.07, 6.45) is 7.56. The third kappa shape index (κ3) is 6.93. The summed E-state index contributed by atoms with van der Waals surface area (Å²) in [6, 6.07) is 4.26. The SMILES string of the molecule is OCCN(CCO)Cc1cc(CN2CCCCC2)c(O)c(CN2CCCCC2)c1. The molecule has 0 atom stereocenters. The van der Waals surface area contributed by atoms with E-state index in [1.807, 2.05) is 0 Å². The fraction of sp³-hybridized carbons (Fsp3) is 0.739. The van der Waals surface area contributed by atoms with Gasteiger partial charge in [-0.25, -0.2) is 0 Å². The molecule has 0 bridgehead atoms. The monoisotopic (exact) mass is 405 g/mol. The molecule has 1 aromatic rings. The molecule has 3 N–H and O–H groups in total. The minimum absolute atomic E-state index is 0.0827. The van der Waals surface area contributed by atoms with Gasteiger partial charge in [0.05, 0.1) is 13.2 Å². The number of aliphatic hydroxyl groups is 2. The van der Waals surface area contributed by atoms with E-state index in [4.69, 9.17) is 0 Å². The number of hydrogen-bond donors (Lipinski definition) is 3. The molecule has 3 rings (SSSR count). The van der Waals surface area contributed by atoms with Crippen LogP contribution < -0.4 is 0 Å². The molecule has 2 fully saturated rings. The van der Waals surface area contributed by atoms with Crippen molar-refractivity contribution < 1.29 is 15.3 Å². The van der Waals surface area contributed by atoms with Gasteiger partial charge in [-0.3, -0.25) is 14.7 Å². The second-order valence-electron chi connectivity index (χ2n) is 8.66. The summed E-state index contributed by atoms with van der Waals surface area (Å²) >= 11 is 0. The Bertz CT molecular complexity index is 566. The Hall–Kier alpha value is -1.18. The van der Waals surface area contributed by atoms with Gasteiger partial charge in [0, 0.05) is 43.9 Å². The van der Waals surface area contributed by atoms with E-state index in [9.17, 15) is 15.3 Å². The molecule has 0 spiro atoms.